The lowest BCUT2D eigenvalue weighted by Crippen LogP contribution is -2.51. The van der Waals surface area contributed by atoms with Crippen LogP contribution in [0.2, 0.25) is 0 Å². The Bertz CT molecular complexity index is 830. The normalized spacial score (nSPS) is 15.9. The molecule has 0 spiro atoms. The van der Waals surface area contributed by atoms with E-state index in [2.05, 4.69) is 22.3 Å². The summed E-state index contributed by atoms with van der Waals surface area (Å²) in [6.45, 7) is 3.62. The Morgan fingerprint density at radius 1 is 1.00 bits per heavy atom. The number of hydrogen-bond donors (Lipinski definition) is 1. The highest BCUT2D eigenvalue weighted by Crippen LogP contribution is 2.25. The summed E-state index contributed by atoms with van der Waals surface area (Å²) in [5.74, 6) is 0.584. The Hall–Kier alpha value is -3.02. The van der Waals surface area contributed by atoms with Crippen molar-refractivity contribution in [2.75, 3.05) is 44.2 Å². The van der Waals surface area contributed by atoms with Gasteiger partial charge < -0.3 is 19.9 Å². The molecule has 6 heteroatoms. The zero-order chi connectivity index (χ0) is 18.6. The standard InChI is InChI=1S/C21H23N3O3/c25-20(24-11-9-23(10-12-24)18-4-2-1-3-5-18)15-22-21(26)17-6-7-19-16(14-17)8-13-27-19/h1-7,14H,8-13,15H2,(H,22,26). The maximum atomic E-state index is 12.4. The summed E-state index contributed by atoms with van der Waals surface area (Å²) in [6, 6.07) is 15.6. The Labute approximate surface area is 158 Å². The van der Waals surface area contributed by atoms with Gasteiger partial charge >= 0.3 is 0 Å². The number of fused-ring (bicyclic) bond motifs is 1. The van der Waals surface area contributed by atoms with Crippen molar-refractivity contribution in [2.24, 2.45) is 0 Å². The summed E-state index contributed by atoms with van der Waals surface area (Å²) in [6.07, 6.45) is 0.821. The second kappa shape index (κ2) is 7.70. The van der Waals surface area contributed by atoms with Crippen molar-refractivity contribution >= 4 is 17.5 Å². The Morgan fingerprint density at radius 3 is 2.56 bits per heavy atom. The van der Waals surface area contributed by atoms with Crippen molar-refractivity contribution in [3.05, 3.63) is 59.7 Å². The topological polar surface area (TPSA) is 61.9 Å². The molecule has 2 aromatic rings. The van der Waals surface area contributed by atoms with E-state index in [1.54, 1.807) is 6.07 Å². The van der Waals surface area contributed by atoms with E-state index in [-0.39, 0.29) is 18.4 Å². The summed E-state index contributed by atoms with van der Waals surface area (Å²) >= 11 is 0. The molecule has 2 heterocycles. The summed E-state index contributed by atoms with van der Waals surface area (Å²) in [5.41, 5.74) is 2.80. The molecule has 27 heavy (non-hydrogen) atoms. The maximum absolute atomic E-state index is 12.4. The van der Waals surface area contributed by atoms with E-state index < -0.39 is 0 Å². The van der Waals surface area contributed by atoms with Gasteiger partial charge in [-0.25, -0.2) is 0 Å². The molecule has 0 unspecified atom stereocenters. The smallest absolute Gasteiger partial charge is 0.251 e. The first-order valence-corrected chi connectivity index (χ1v) is 9.32. The second-order valence-electron chi connectivity index (χ2n) is 6.81. The van der Waals surface area contributed by atoms with Crippen molar-refractivity contribution in [2.45, 2.75) is 6.42 Å². The van der Waals surface area contributed by atoms with Crippen LogP contribution >= 0.6 is 0 Å². The Kier molecular flexibility index (Phi) is 4.96. The first kappa shape index (κ1) is 17.4. The number of nitrogens with zero attached hydrogens (tertiary/aromatic N) is 2. The van der Waals surface area contributed by atoms with Crippen LogP contribution in [0.25, 0.3) is 0 Å². The van der Waals surface area contributed by atoms with Gasteiger partial charge in [0.25, 0.3) is 5.91 Å². The highest BCUT2D eigenvalue weighted by molar-refractivity contribution is 5.96. The number of anilines is 1. The minimum absolute atomic E-state index is 0.0256. The first-order chi connectivity index (χ1) is 13.2. The number of benzene rings is 2. The number of rotatable bonds is 4. The summed E-state index contributed by atoms with van der Waals surface area (Å²) in [4.78, 5) is 28.9. The van der Waals surface area contributed by atoms with Crippen LogP contribution in [0.4, 0.5) is 5.69 Å². The number of carbonyl (C=O) groups is 2. The largest absolute Gasteiger partial charge is 0.493 e. The molecular weight excluding hydrogens is 342 g/mol. The predicted molar refractivity (Wildman–Crippen MR) is 103 cm³/mol. The van der Waals surface area contributed by atoms with Gasteiger partial charge in [-0.15, -0.1) is 0 Å². The summed E-state index contributed by atoms with van der Waals surface area (Å²) < 4.78 is 5.45. The van der Waals surface area contributed by atoms with Gasteiger partial charge in [0.15, 0.2) is 0 Å². The van der Waals surface area contributed by atoms with Crippen molar-refractivity contribution < 1.29 is 14.3 Å². The molecule has 0 saturated carbocycles. The predicted octanol–water partition coefficient (Wildman–Crippen LogP) is 1.70. The molecule has 2 aliphatic rings. The molecule has 0 atom stereocenters. The van der Waals surface area contributed by atoms with Gasteiger partial charge in [0.1, 0.15) is 5.75 Å². The SMILES string of the molecule is O=C(NCC(=O)N1CCN(c2ccccc2)CC1)c1ccc2c(c1)CCO2. The fraction of sp³-hybridized carbons (Fsp3) is 0.333. The molecule has 2 aromatic carbocycles. The van der Waals surface area contributed by atoms with Crippen molar-refractivity contribution in [1.82, 2.24) is 10.2 Å². The highest BCUT2D eigenvalue weighted by Gasteiger charge is 2.22. The van der Waals surface area contributed by atoms with Crippen LogP contribution < -0.4 is 15.0 Å². The summed E-state index contributed by atoms with van der Waals surface area (Å²) in [7, 11) is 0. The zero-order valence-electron chi connectivity index (χ0n) is 15.2. The van der Waals surface area contributed by atoms with Gasteiger partial charge in [0.2, 0.25) is 5.91 Å². The average Bonchev–Trinajstić information content (AvgIpc) is 3.20. The number of nitrogens with one attached hydrogen (secondary N) is 1. The molecule has 0 aliphatic carbocycles. The highest BCUT2D eigenvalue weighted by atomic mass is 16.5. The number of carbonyl (C=O) groups excluding carboxylic acids is 2. The van der Waals surface area contributed by atoms with Crippen LogP contribution in [0, 0.1) is 0 Å². The molecule has 140 valence electrons. The molecule has 6 nitrogen and oxygen atoms in total. The Balaban J connectivity index is 1.27. The fourth-order valence-electron chi connectivity index (χ4n) is 3.55. The van der Waals surface area contributed by atoms with E-state index in [1.165, 1.54) is 5.69 Å². The molecule has 0 radical (unpaired) electrons. The second-order valence-corrected chi connectivity index (χ2v) is 6.81. The van der Waals surface area contributed by atoms with E-state index in [4.69, 9.17) is 4.74 Å². The zero-order valence-corrected chi connectivity index (χ0v) is 15.2. The minimum Gasteiger partial charge on any atom is -0.493 e. The van der Waals surface area contributed by atoms with Crippen molar-refractivity contribution in [1.29, 1.82) is 0 Å². The van der Waals surface area contributed by atoms with Crippen LogP contribution in [0.1, 0.15) is 15.9 Å². The van der Waals surface area contributed by atoms with Crippen molar-refractivity contribution in [3.8, 4) is 5.75 Å². The first-order valence-electron chi connectivity index (χ1n) is 9.32. The third-order valence-corrected chi connectivity index (χ3v) is 5.11. The van der Waals surface area contributed by atoms with Crippen LogP contribution in [0.15, 0.2) is 48.5 Å². The monoisotopic (exact) mass is 365 g/mol. The van der Waals surface area contributed by atoms with Crippen LogP contribution in [0.5, 0.6) is 5.75 Å². The van der Waals surface area contributed by atoms with Gasteiger partial charge in [-0.3, -0.25) is 9.59 Å². The average molecular weight is 365 g/mol. The molecule has 4 rings (SSSR count). The maximum Gasteiger partial charge on any atom is 0.251 e. The minimum atomic E-state index is -0.221. The lowest BCUT2D eigenvalue weighted by molar-refractivity contribution is -0.130. The van der Waals surface area contributed by atoms with Crippen LogP contribution in [0.3, 0.4) is 0 Å². The van der Waals surface area contributed by atoms with Gasteiger partial charge in [-0.05, 0) is 35.9 Å². The van der Waals surface area contributed by atoms with Crippen LogP contribution in [-0.4, -0.2) is 56.0 Å². The molecule has 2 aliphatic heterocycles. The van der Waals surface area contributed by atoms with Gasteiger partial charge in [0, 0.05) is 43.9 Å². The third kappa shape index (κ3) is 3.89. The molecule has 1 saturated heterocycles. The summed E-state index contributed by atoms with van der Waals surface area (Å²) in [5, 5.41) is 2.75. The number of para-hydroxylation sites is 1. The number of ether oxygens (including phenoxy) is 1. The molecule has 0 aromatic heterocycles. The van der Waals surface area contributed by atoms with E-state index >= 15 is 0 Å². The lowest BCUT2D eigenvalue weighted by atomic mass is 10.1. The third-order valence-electron chi connectivity index (χ3n) is 5.11. The number of piperazine rings is 1. The Morgan fingerprint density at radius 2 is 1.78 bits per heavy atom. The van der Waals surface area contributed by atoms with Crippen LogP contribution in [-0.2, 0) is 11.2 Å². The quantitative estimate of drug-likeness (QED) is 0.896. The van der Waals surface area contributed by atoms with Gasteiger partial charge in [0.05, 0.1) is 13.2 Å². The lowest BCUT2D eigenvalue weighted by Gasteiger charge is -2.36. The van der Waals surface area contributed by atoms with E-state index in [0.29, 0.717) is 25.3 Å². The molecule has 2 amide bonds. The molecule has 1 N–H and O–H groups in total. The molecule has 1 fully saturated rings. The number of amides is 2. The van der Waals surface area contributed by atoms with E-state index in [1.807, 2.05) is 35.2 Å². The van der Waals surface area contributed by atoms with E-state index in [9.17, 15) is 9.59 Å². The fourth-order valence-corrected chi connectivity index (χ4v) is 3.55. The molecule has 0 bridgehead atoms. The van der Waals surface area contributed by atoms with Gasteiger partial charge in [-0.2, -0.15) is 0 Å². The van der Waals surface area contributed by atoms with Gasteiger partial charge in [-0.1, -0.05) is 18.2 Å². The van der Waals surface area contributed by atoms with Crippen molar-refractivity contribution in [3.63, 3.8) is 0 Å². The molecular formula is C21H23N3O3. The van der Waals surface area contributed by atoms with E-state index in [0.717, 1.165) is 30.8 Å². The number of hydrogen-bond acceptors (Lipinski definition) is 4.